The highest BCUT2D eigenvalue weighted by molar-refractivity contribution is 6.39. The van der Waals surface area contributed by atoms with Gasteiger partial charge in [-0.2, -0.15) is 0 Å². The second kappa shape index (κ2) is 7.56. The maximum absolute atomic E-state index is 12.5. The van der Waals surface area contributed by atoms with Crippen molar-refractivity contribution in [2.75, 3.05) is 5.32 Å². The number of para-hydroxylation sites is 1. The number of carbonyl (C=O) groups excluding carboxylic acids is 1. The van der Waals surface area contributed by atoms with Crippen LogP contribution in [-0.2, 0) is 4.79 Å². The summed E-state index contributed by atoms with van der Waals surface area (Å²) in [5.74, 6) is 0.443. The normalized spacial score (nSPS) is 16.5. The van der Waals surface area contributed by atoms with Crippen molar-refractivity contribution in [1.29, 1.82) is 0 Å². The molecule has 1 saturated carbocycles. The van der Waals surface area contributed by atoms with Crippen molar-refractivity contribution in [2.24, 2.45) is 5.92 Å². The number of halogens is 2. The zero-order valence-corrected chi connectivity index (χ0v) is 14.9. The van der Waals surface area contributed by atoms with Crippen molar-refractivity contribution in [2.45, 2.75) is 31.8 Å². The SMILES string of the molecule is C[C@H](N[C@@H](c1ccccc1)C1CC1)C(=O)Nc1c(Cl)cccc1Cl. The summed E-state index contributed by atoms with van der Waals surface area (Å²) in [6.07, 6.45) is 2.38. The Kier molecular flexibility index (Phi) is 5.44. The molecule has 0 radical (unpaired) electrons. The van der Waals surface area contributed by atoms with Gasteiger partial charge in [0.25, 0.3) is 0 Å². The van der Waals surface area contributed by atoms with Gasteiger partial charge in [-0.3, -0.25) is 10.1 Å². The van der Waals surface area contributed by atoms with E-state index in [1.807, 2.05) is 25.1 Å². The van der Waals surface area contributed by atoms with Crippen molar-refractivity contribution in [3.63, 3.8) is 0 Å². The molecule has 2 aromatic carbocycles. The Bertz CT molecular complexity index is 696. The van der Waals surface area contributed by atoms with Gasteiger partial charge in [0.15, 0.2) is 0 Å². The lowest BCUT2D eigenvalue weighted by Crippen LogP contribution is -2.41. The molecular formula is C19H20Cl2N2O. The van der Waals surface area contributed by atoms with Crippen LogP contribution >= 0.6 is 23.2 Å². The van der Waals surface area contributed by atoms with E-state index in [0.717, 1.165) is 0 Å². The van der Waals surface area contributed by atoms with Crippen molar-refractivity contribution in [3.8, 4) is 0 Å². The molecule has 1 fully saturated rings. The molecule has 2 atom stereocenters. The van der Waals surface area contributed by atoms with Crippen LogP contribution in [0.1, 0.15) is 31.4 Å². The van der Waals surface area contributed by atoms with E-state index in [1.54, 1.807) is 18.2 Å². The largest absolute Gasteiger partial charge is 0.322 e. The van der Waals surface area contributed by atoms with Crippen LogP contribution in [0.4, 0.5) is 5.69 Å². The van der Waals surface area contributed by atoms with Crippen LogP contribution in [0.25, 0.3) is 0 Å². The van der Waals surface area contributed by atoms with E-state index in [1.165, 1.54) is 18.4 Å². The number of anilines is 1. The topological polar surface area (TPSA) is 41.1 Å². The standard InChI is InChI=1S/C19H20Cl2N2O/c1-12(19(24)23-18-15(20)8-5-9-16(18)21)22-17(14-10-11-14)13-6-3-2-4-7-13/h2-9,12,14,17,22H,10-11H2,1H3,(H,23,24)/t12-,17-/m0/s1. The summed E-state index contributed by atoms with van der Waals surface area (Å²) in [6.45, 7) is 1.86. The van der Waals surface area contributed by atoms with E-state index >= 15 is 0 Å². The van der Waals surface area contributed by atoms with Crippen LogP contribution in [0.15, 0.2) is 48.5 Å². The minimum Gasteiger partial charge on any atom is -0.322 e. The van der Waals surface area contributed by atoms with Gasteiger partial charge in [0.1, 0.15) is 0 Å². The summed E-state index contributed by atoms with van der Waals surface area (Å²) in [7, 11) is 0. The molecule has 3 rings (SSSR count). The lowest BCUT2D eigenvalue weighted by Gasteiger charge is -2.23. The summed E-state index contributed by atoms with van der Waals surface area (Å²) in [5.41, 5.74) is 1.68. The van der Waals surface area contributed by atoms with Gasteiger partial charge in [0.2, 0.25) is 5.91 Å². The first kappa shape index (κ1) is 17.3. The fraction of sp³-hybridized carbons (Fsp3) is 0.316. The molecule has 3 nitrogen and oxygen atoms in total. The molecule has 1 aliphatic rings. The molecule has 0 spiro atoms. The van der Waals surface area contributed by atoms with E-state index < -0.39 is 0 Å². The third kappa shape index (κ3) is 4.10. The molecule has 0 aliphatic heterocycles. The summed E-state index contributed by atoms with van der Waals surface area (Å²) >= 11 is 12.2. The molecule has 5 heteroatoms. The zero-order valence-electron chi connectivity index (χ0n) is 13.4. The Morgan fingerprint density at radius 2 is 1.67 bits per heavy atom. The summed E-state index contributed by atoms with van der Waals surface area (Å²) in [5, 5.41) is 7.16. The van der Waals surface area contributed by atoms with Crippen molar-refractivity contribution < 1.29 is 4.79 Å². The molecular weight excluding hydrogens is 343 g/mol. The van der Waals surface area contributed by atoms with Gasteiger partial charge in [0, 0.05) is 6.04 Å². The van der Waals surface area contributed by atoms with E-state index in [4.69, 9.17) is 23.2 Å². The number of benzene rings is 2. The van der Waals surface area contributed by atoms with Gasteiger partial charge in [-0.15, -0.1) is 0 Å². The van der Waals surface area contributed by atoms with Crippen molar-refractivity contribution in [3.05, 3.63) is 64.1 Å². The summed E-state index contributed by atoms with van der Waals surface area (Å²) in [6, 6.07) is 15.3. The molecule has 0 aromatic heterocycles. The van der Waals surface area contributed by atoms with Gasteiger partial charge < -0.3 is 5.32 Å². The second-order valence-corrected chi connectivity index (χ2v) is 7.01. The Hall–Kier alpha value is -1.55. The minimum absolute atomic E-state index is 0.147. The predicted molar refractivity (Wildman–Crippen MR) is 99.6 cm³/mol. The monoisotopic (exact) mass is 362 g/mol. The molecule has 0 saturated heterocycles. The molecule has 0 bridgehead atoms. The zero-order chi connectivity index (χ0) is 17.1. The van der Waals surface area contributed by atoms with Crippen LogP contribution in [0.2, 0.25) is 10.0 Å². The Balaban J connectivity index is 1.69. The average Bonchev–Trinajstić information content (AvgIpc) is 3.41. The van der Waals surface area contributed by atoms with E-state index in [0.29, 0.717) is 21.7 Å². The third-order valence-corrected chi connectivity index (χ3v) is 4.92. The van der Waals surface area contributed by atoms with Gasteiger partial charge in [-0.1, -0.05) is 59.6 Å². The molecule has 2 aromatic rings. The summed E-state index contributed by atoms with van der Waals surface area (Å²) < 4.78 is 0. The second-order valence-electron chi connectivity index (χ2n) is 6.20. The Labute approximate surface area is 152 Å². The van der Waals surface area contributed by atoms with Crippen LogP contribution in [0.5, 0.6) is 0 Å². The lowest BCUT2D eigenvalue weighted by atomic mass is 10.0. The Morgan fingerprint density at radius 3 is 2.25 bits per heavy atom. The molecule has 2 N–H and O–H groups in total. The number of hydrogen-bond donors (Lipinski definition) is 2. The van der Waals surface area contributed by atoms with E-state index in [2.05, 4.69) is 22.8 Å². The van der Waals surface area contributed by atoms with Gasteiger partial charge >= 0.3 is 0 Å². The first-order valence-electron chi connectivity index (χ1n) is 8.12. The number of carbonyl (C=O) groups is 1. The molecule has 0 heterocycles. The number of nitrogens with one attached hydrogen (secondary N) is 2. The summed E-state index contributed by atoms with van der Waals surface area (Å²) in [4.78, 5) is 12.5. The smallest absolute Gasteiger partial charge is 0.241 e. The quantitative estimate of drug-likeness (QED) is 0.753. The van der Waals surface area contributed by atoms with Gasteiger partial charge in [-0.25, -0.2) is 0 Å². The van der Waals surface area contributed by atoms with Crippen molar-refractivity contribution in [1.82, 2.24) is 5.32 Å². The van der Waals surface area contributed by atoms with Gasteiger partial charge in [0.05, 0.1) is 21.8 Å². The fourth-order valence-corrected chi connectivity index (χ4v) is 3.28. The molecule has 1 aliphatic carbocycles. The molecule has 0 unspecified atom stereocenters. The Morgan fingerprint density at radius 1 is 1.04 bits per heavy atom. The minimum atomic E-state index is -0.358. The number of rotatable bonds is 6. The third-order valence-electron chi connectivity index (χ3n) is 4.29. The molecule has 126 valence electrons. The average molecular weight is 363 g/mol. The molecule has 24 heavy (non-hydrogen) atoms. The fourth-order valence-electron chi connectivity index (χ4n) is 2.79. The first-order chi connectivity index (χ1) is 11.6. The van der Waals surface area contributed by atoms with Crippen LogP contribution in [0, 0.1) is 5.92 Å². The highest BCUT2D eigenvalue weighted by atomic mass is 35.5. The maximum atomic E-state index is 12.5. The van der Waals surface area contributed by atoms with Crippen LogP contribution in [-0.4, -0.2) is 11.9 Å². The van der Waals surface area contributed by atoms with E-state index in [-0.39, 0.29) is 18.0 Å². The highest BCUT2D eigenvalue weighted by Crippen LogP contribution is 2.41. The van der Waals surface area contributed by atoms with Crippen molar-refractivity contribution >= 4 is 34.8 Å². The van der Waals surface area contributed by atoms with Crippen LogP contribution < -0.4 is 10.6 Å². The van der Waals surface area contributed by atoms with E-state index in [9.17, 15) is 4.79 Å². The first-order valence-corrected chi connectivity index (χ1v) is 8.87. The highest BCUT2D eigenvalue weighted by Gasteiger charge is 2.34. The predicted octanol–water partition coefficient (Wildman–Crippen LogP) is 5.06. The lowest BCUT2D eigenvalue weighted by molar-refractivity contribution is -0.118. The number of hydrogen-bond acceptors (Lipinski definition) is 2. The maximum Gasteiger partial charge on any atom is 0.241 e. The van der Waals surface area contributed by atoms with Gasteiger partial charge in [-0.05, 0) is 43.4 Å². The number of amides is 1. The van der Waals surface area contributed by atoms with Crippen LogP contribution in [0.3, 0.4) is 0 Å². The molecule has 1 amide bonds.